The maximum absolute atomic E-state index is 13.2. The molecule has 6 aromatic carbocycles. The molecule has 0 unspecified atom stereocenters. The third-order valence-corrected chi connectivity index (χ3v) is 6.69. The lowest BCUT2D eigenvalue weighted by Crippen LogP contribution is -2.11. The molecule has 0 atom stereocenters. The second-order valence-electron chi connectivity index (χ2n) is 9.14. The minimum absolute atomic E-state index is 0.0666. The number of esters is 2. The molecule has 40 heavy (non-hydrogen) atoms. The molecule has 0 amide bonds. The Balaban J connectivity index is 1.30. The maximum Gasteiger partial charge on any atom is 0.344 e. The molecular weight excluding hydrogens is 508 g/mol. The summed E-state index contributed by atoms with van der Waals surface area (Å²) in [5.41, 5.74) is 0.752. The molecule has 0 saturated heterocycles. The molecule has 0 aliphatic rings. The van der Waals surface area contributed by atoms with Crippen LogP contribution in [0.3, 0.4) is 0 Å². The fraction of sp³-hybridized carbons (Fsp3) is 0. The van der Waals surface area contributed by atoms with Crippen LogP contribution in [0, 0.1) is 0 Å². The summed E-state index contributed by atoms with van der Waals surface area (Å²) in [4.78, 5) is 37.6. The number of phenolic OH excluding ortho intramolecular Hbond substituents is 1. The summed E-state index contributed by atoms with van der Waals surface area (Å²) >= 11 is 0. The molecule has 0 bridgehead atoms. The molecule has 6 rings (SSSR count). The number of hydrogen-bond donors (Lipinski definition) is 2. The zero-order valence-corrected chi connectivity index (χ0v) is 20.8. The zero-order valence-electron chi connectivity index (χ0n) is 20.8. The van der Waals surface area contributed by atoms with Gasteiger partial charge in [-0.05, 0) is 70.1 Å². The van der Waals surface area contributed by atoms with E-state index in [-0.39, 0.29) is 22.6 Å². The molecule has 0 spiro atoms. The lowest BCUT2D eigenvalue weighted by molar-refractivity contribution is 0.0693. The number of hydrogen-bond acceptors (Lipinski definition) is 6. The molecule has 2 N–H and O–H groups in total. The molecule has 0 heterocycles. The predicted molar refractivity (Wildman–Crippen MR) is 150 cm³/mol. The van der Waals surface area contributed by atoms with E-state index in [4.69, 9.17) is 9.47 Å². The van der Waals surface area contributed by atoms with Crippen molar-refractivity contribution < 1.29 is 34.1 Å². The van der Waals surface area contributed by atoms with Gasteiger partial charge in [-0.3, -0.25) is 0 Å². The molecule has 6 aromatic rings. The standard InChI is InChI=1S/C33H20O7/c34-29-16-15-28(23-5-1-2-6-25(23)29)33(38)40-30-10-4-7-24-26(30)8-3-9-27(24)32(37)39-22-14-13-19-17-21(31(35)36)12-11-20(19)18-22/h1-18,34H,(H,35,36). The zero-order chi connectivity index (χ0) is 27.8. The van der Waals surface area contributed by atoms with Crippen LogP contribution in [0.1, 0.15) is 31.1 Å². The lowest BCUT2D eigenvalue weighted by atomic mass is 10.0. The number of rotatable bonds is 5. The summed E-state index contributed by atoms with van der Waals surface area (Å²) in [5.74, 6) is -1.57. The number of benzene rings is 6. The summed E-state index contributed by atoms with van der Waals surface area (Å²) in [6.07, 6.45) is 0. The monoisotopic (exact) mass is 528 g/mol. The van der Waals surface area contributed by atoms with Crippen molar-refractivity contribution in [1.29, 1.82) is 0 Å². The average Bonchev–Trinajstić information content (AvgIpc) is 2.97. The first-order valence-corrected chi connectivity index (χ1v) is 12.3. The first-order chi connectivity index (χ1) is 19.4. The molecule has 0 aliphatic heterocycles. The summed E-state index contributed by atoms with van der Waals surface area (Å²) in [6, 6.07) is 29.8. The van der Waals surface area contributed by atoms with Gasteiger partial charge in [-0.1, -0.05) is 60.7 Å². The predicted octanol–water partition coefficient (Wildman–Crippen LogP) is 6.99. The number of carbonyl (C=O) groups excluding carboxylic acids is 2. The second-order valence-corrected chi connectivity index (χ2v) is 9.14. The van der Waals surface area contributed by atoms with Crippen LogP contribution in [0.25, 0.3) is 32.3 Å². The van der Waals surface area contributed by atoms with E-state index in [9.17, 15) is 24.6 Å². The van der Waals surface area contributed by atoms with Crippen molar-refractivity contribution in [2.24, 2.45) is 0 Å². The molecule has 7 nitrogen and oxygen atoms in total. The Morgan fingerprint density at radius 2 is 1.18 bits per heavy atom. The van der Waals surface area contributed by atoms with Crippen LogP contribution in [0.15, 0.2) is 109 Å². The van der Waals surface area contributed by atoms with Gasteiger partial charge in [0.25, 0.3) is 0 Å². The number of phenols is 1. The number of aromatic hydroxyl groups is 1. The van der Waals surface area contributed by atoms with Gasteiger partial charge >= 0.3 is 17.9 Å². The molecule has 0 aliphatic carbocycles. The first-order valence-electron chi connectivity index (χ1n) is 12.3. The topological polar surface area (TPSA) is 110 Å². The number of fused-ring (bicyclic) bond motifs is 3. The normalized spacial score (nSPS) is 11.0. The molecule has 7 heteroatoms. The largest absolute Gasteiger partial charge is 0.507 e. The number of carboxylic acid groups (broad SMARTS) is 1. The Morgan fingerprint density at radius 1 is 0.550 bits per heavy atom. The van der Waals surface area contributed by atoms with Gasteiger partial charge in [0.05, 0.1) is 16.7 Å². The quantitative estimate of drug-likeness (QED) is 0.183. The van der Waals surface area contributed by atoms with Crippen molar-refractivity contribution >= 4 is 50.2 Å². The Bertz CT molecular complexity index is 1990. The van der Waals surface area contributed by atoms with E-state index >= 15 is 0 Å². The summed E-state index contributed by atoms with van der Waals surface area (Å²) in [5, 5.41) is 23.0. The Labute approximate surface area is 227 Å². The molecule has 0 aromatic heterocycles. The fourth-order valence-corrected chi connectivity index (χ4v) is 4.75. The highest BCUT2D eigenvalue weighted by molar-refractivity contribution is 6.10. The molecular formula is C33H20O7. The average molecular weight is 529 g/mol. The minimum atomic E-state index is -1.02. The maximum atomic E-state index is 13.2. The molecule has 194 valence electrons. The fourth-order valence-electron chi connectivity index (χ4n) is 4.75. The Kier molecular flexibility index (Phi) is 6.09. The van der Waals surface area contributed by atoms with Crippen LogP contribution in [0.2, 0.25) is 0 Å². The third kappa shape index (κ3) is 4.46. The highest BCUT2D eigenvalue weighted by Crippen LogP contribution is 2.32. The van der Waals surface area contributed by atoms with E-state index in [1.807, 2.05) is 0 Å². The van der Waals surface area contributed by atoms with Crippen LogP contribution in [0.4, 0.5) is 0 Å². The second kappa shape index (κ2) is 9.89. The number of ether oxygens (including phenoxy) is 2. The number of aromatic carboxylic acids is 1. The molecule has 0 saturated carbocycles. The van der Waals surface area contributed by atoms with Gasteiger partial charge in [0.15, 0.2) is 0 Å². The van der Waals surface area contributed by atoms with Crippen LogP contribution in [-0.4, -0.2) is 28.1 Å². The van der Waals surface area contributed by atoms with E-state index in [1.54, 1.807) is 91.0 Å². The van der Waals surface area contributed by atoms with Crippen molar-refractivity contribution in [1.82, 2.24) is 0 Å². The van der Waals surface area contributed by atoms with Crippen molar-refractivity contribution in [3.8, 4) is 17.2 Å². The van der Waals surface area contributed by atoms with Gasteiger partial charge in [0.1, 0.15) is 17.2 Å². The van der Waals surface area contributed by atoms with Crippen molar-refractivity contribution in [2.75, 3.05) is 0 Å². The number of carbonyl (C=O) groups is 3. The SMILES string of the molecule is O=C(O)c1ccc2cc(OC(=O)c3cccc4c(OC(=O)c5ccc(O)c6ccccc56)cccc34)ccc2c1. The summed E-state index contributed by atoms with van der Waals surface area (Å²) < 4.78 is 11.4. The van der Waals surface area contributed by atoms with E-state index in [0.717, 1.165) is 5.39 Å². The highest BCUT2D eigenvalue weighted by atomic mass is 16.5. The van der Waals surface area contributed by atoms with Gasteiger partial charge in [-0.15, -0.1) is 0 Å². The van der Waals surface area contributed by atoms with Gasteiger partial charge in [0, 0.05) is 10.8 Å². The van der Waals surface area contributed by atoms with Crippen LogP contribution in [-0.2, 0) is 0 Å². The third-order valence-electron chi connectivity index (χ3n) is 6.69. The van der Waals surface area contributed by atoms with Gasteiger partial charge in [0.2, 0.25) is 0 Å². The van der Waals surface area contributed by atoms with E-state index < -0.39 is 17.9 Å². The Hall–Kier alpha value is -5.69. The molecule has 0 radical (unpaired) electrons. The van der Waals surface area contributed by atoms with E-state index in [1.165, 1.54) is 18.2 Å². The number of carboxylic acids is 1. The van der Waals surface area contributed by atoms with Crippen LogP contribution in [0.5, 0.6) is 17.2 Å². The van der Waals surface area contributed by atoms with Crippen molar-refractivity contribution in [3.63, 3.8) is 0 Å². The van der Waals surface area contributed by atoms with E-state index in [2.05, 4.69) is 0 Å². The van der Waals surface area contributed by atoms with Gasteiger partial charge in [-0.25, -0.2) is 14.4 Å². The summed E-state index contributed by atoms with van der Waals surface area (Å²) in [7, 11) is 0. The minimum Gasteiger partial charge on any atom is -0.507 e. The Morgan fingerprint density at radius 3 is 2.00 bits per heavy atom. The van der Waals surface area contributed by atoms with Gasteiger partial charge < -0.3 is 19.7 Å². The highest BCUT2D eigenvalue weighted by Gasteiger charge is 2.18. The summed E-state index contributed by atoms with van der Waals surface area (Å²) in [6.45, 7) is 0. The van der Waals surface area contributed by atoms with Crippen molar-refractivity contribution in [2.45, 2.75) is 0 Å². The smallest absolute Gasteiger partial charge is 0.344 e. The molecule has 0 fully saturated rings. The van der Waals surface area contributed by atoms with Crippen molar-refractivity contribution in [3.05, 3.63) is 126 Å². The van der Waals surface area contributed by atoms with E-state index in [0.29, 0.717) is 38.2 Å². The van der Waals surface area contributed by atoms with Crippen LogP contribution >= 0.6 is 0 Å². The van der Waals surface area contributed by atoms with Gasteiger partial charge in [-0.2, -0.15) is 0 Å². The lowest BCUT2D eigenvalue weighted by Gasteiger charge is -2.12. The van der Waals surface area contributed by atoms with Crippen LogP contribution < -0.4 is 9.47 Å². The first kappa shape index (κ1) is 24.6.